The van der Waals surface area contributed by atoms with Crippen LogP contribution in [0.25, 0.3) is 0 Å². The number of hydrogen-bond acceptors (Lipinski definition) is 3. The van der Waals surface area contributed by atoms with E-state index in [0.29, 0.717) is 0 Å². The minimum Gasteiger partial charge on any atom is -0.393 e. The van der Waals surface area contributed by atoms with Crippen LogP contribution >= 0.6 is 0 Å². The number of carbonyl (C=O) groups is 1. The summed E-state index contributed by atoms with van der Waals surface area (Å²) in [6.07, 6.45) is 3.14. The maximum absolute atomic E-state index is 10.9. The Balaban J connectivity index is 2.21. The fraction of sp³-hybridized carbons (Fsp3) is 0.875. The van der Waals surface area contributed by atoms with E-state index in [1.807, 2.05) is 0 Å². The SMILES string of the molecule is NCC(=O)NC1CCC(O)CC1. The van der Waals surface area contributed by atoms with Gasteiger partial charge >= 0.3 is 0 Å². The van der Waals surface area contributed by atoms with E-state index in [1.165, 1.54) is 0 Å². The molecule has 1 aliphatic carbocycles. The second-order valence-electron chi connectivity index (χ2n) is 3.28. The Morgan fingerprint density at radius 2 is 2.00 bits per heavy atom. The Hall–Kier alpha value is -0.610. The van der Waals surface area contributed by atoms with Crippen LogP contribution < -0.4 is 11.1 Å². The van der Waals surface area contributed by atoms with E-state index in [9.17, 15) is 9.90 Å². The van der Waals surface area contributed by atoms with Crippen molar-refractivity contribution in [3.8, 4) is 0 Å². The first-order valence-electron chi connectivity index (χ1n) is 4.40. The molecule has 0 heterocycles. The Morgan fingerprint density at radius 3 is 2.50 bits per heavy atom. The summed E-state index contributed by atoms with van der Waals surface area (Å²) in [7, 11) is 0. The van der Waals surface area contributed by atoms with Gasteiger partial charge in [-0.15, -0.1) is 0 Å². The molecule has 0 atom stereocenters. The molecule has 0 aromatic carbocycles. The zero-order chi connectivity index (χ0) is 8.97. The number of aliphatic hydroxyl groups excluding tert-OH is 1. The van der Waals surface area contributed by atoms with Crippen LogP contribution in [0.3, 0.4) is 0 Å². The third kappa shape index (κ3) is 2.79. The fourth-order valence-electron chi connectivity index (χ4n) is 1.51. The van der Waals surface area contributed by atoms with Gasteiger partial charge in [0.25, 0.3) is 0 Å². The molecule has 1 amide bonds. The minimum atomic E-state index is -0.170. The van der Waals surface area contributed by atoms with Gasteiger partial charge in [-0.25, -0.2) is 0 Å². The van der Waals surface area contributed by atoms with Crippen LogP contribution in [0.15, 0.2) is 0 Å². The zero-order valence-electron chi connectivity index (χ0n) is 7.12. The van der Waals surface area contributed by atoms with E-state index >= 15 is 0 Å². The van der Waals surface area contributed by atoms with Gasteiger partial charge < -0.3 is 16.2 Å². The topological polar surface area (TPSA) is 75.4 Å². The van der Waals surface area contributed by atoms with Crippen LogP contribution in [0.1, 0.15) is 25.7 Å². The first-order chi connectivity index (χ1) is 5.72. The summed E-state index contributed by atoms with van der Waals surface area (Å²) >= 11 is 0. The van der Waals surface area contributed by atoms with E-state index < -0.39 is 0 Å². The zero-order valence-corrected chi connectivity index (χ0v) is 7.12. The normalized spacial score (nSPS) is 29.8. The predicted molar refractivity (Wildman–Crippen MR) is 45.5 cm³/mol. The van der Waals surface area contributed by atoms with E-state index in [1.54, 1.807) is 0 Å². The molecule has 0 aliphatic heterocycles. The maximum atomic E-state index is 10.9. The molecule has 0 unspecified atom stereocenters. The van der Waals surface area contributed by atoms with Crippen molar-refractivity contribution in [1.29, 1.82) is 0 Å². The molecule has 4 N–H and O–H groups in total. The highest BCUT2D eigenvalue weighted by Gasteiger charge is 2.19. The van der Waals surface area contributed by atoms with Crippen LogP contribution in [0, 0.1) is 0 Å². The highest BCUT2D eigenvalue weighted by Crippen LogP contribution is 2.17. The third-order valence-electron chi connectivity index (χ3n) is 2.25. The van der Waals surface area contributed by atoms with Gasteiger partial charge in [0.05, 0.1) is 12.6 Å². The molecular formula is C8H16N2O2. The quantitative estimate of drug-likeness (QED) is 0.519. The van der Waals surface area contributed by atoms with Crippen LogP contribution in [0.4, 0.5) is 0 Å². The molecule has 0 saturated heterocycles. The molecule has 4 nitrogen and oxygen atoms in total. The summed E-state index contributed by atoms with van der Waals surface area (Å²) in [5, 5.41) is 12.0. The van der Waals surface area contributed by atoms with Gasteiger partial charge in [-0.05, 0) is 25.7 Å². The van der Waals surface area contributed by atoms with Crippen LogP contribution in [-0.2, 0) is 4.79 Å². The van der Waals surface area contributed by atoms with E-state index in [0.717, 1.165) is 25.7 Å². The van der Waals surface area contributed by atoms with Gasteiger partial charge in [-0.2, -0.15) is 0 Å². The van der Waals surface area contributed by atoms with Gasteiger partial charge in [0.1, 0.15) is 0 Å². The molecule has 0 spiro atoms. The molecule has 0 bridgehead atoms. The Morgan fingerprint density at radius 1 is 1.42 bits per heavy atom. The molecule has 12 heavy (non-hydrogen) atoms. The largest absolute Gasteiger partial charge is 0.393 e. The number of amides is 1. The Bertz CT molecular complexity index is 153. The third-order valence-corrected chi connectivity index (χ3v) is 2.25. The lowest BCUT2D eigenvalue weighted by molar-refractivity contribution is -0.120. The van der Waals surface area contributed by atoms with Crippen LogP contribution in [-0.4, -0.2) is 29.7 Å². The summed E-state index contributed by atoms with van der Waals surface area (Å²) in [6, 6.07) is 0.226. The van der Waals surface area contributed by atoms with Crippen molar-refractivity contribution in [3.63, 3.8) is 0 Å². The number of nitrogens with two attached hydrogens (primary N) is 1. The number of rotatable bonds is 2. The van der Waals surface area contributed by atoms with Crippen molar-refractivity contribution in [2.45, 2.75) is 37.8 Å². The summed E-state index contributed by atoms with van der Waals surface area (Å²) in [4.78, 5) is 10.9. The van der Waals surface area contributed by atoms with Crippen molar-refractivity contribution in [3.05, 3.63) is 0 Å². The van der Waals surface area contributed by atoms with Gasteiger partial charge in [0.2, 0.25) is 5.91 Å². The smallest absolute Gasteiger partial charge is 0.233 e. The molecular weight excluding hydrogens is 156 g/mol. The van der Waals surface area contributed by atoms with Crippen molar-refractivity contribution in [2.24, 2.45) is 5.73 Å². The van der Waals surface area contributed by atoms with Crippen LogP contribution in [0.5, 0.6) is 0 Å². The van der Waals surface area contributed by atoms with Crippen molar-refractivity contribution in [1.82, 2.24) is 5.32 Å². The van der Waals surface area contributed by atoms with E-state index in [4.69, 9.17) is 5.73 Å². The monoisotopic (exact) mass is 172 g/mol. The molecule has 4 heteroatoms. The molecule has 1 saturated carbocycles. The molecule has 1 aliphatic rings. The summed E-state index contributed by atoms with van der Waals surface area (Å²) in [6.45, 7) is 0.0546. The summed E-state index contributed by atoms with van der Waals surface area (Å²) in [5.74, 6) is -0.101. The van der Waals surface area contributed by atoms with Crippen molar-refractivity contribution in [2.75, 3.05) is 6.54 Å². The van der Waals surface area contributed by atoms with Gasteiger partial charge in [0, 0.05) is 6.04 Å². The second kappa shape index (κ2) is 4.42. The molecule has 1 rings (SSSR count). The second-order valence-corrected chi connectivity index (χ2v) is 3.28. The lowest BCUT2D eigenvalue weighted by atomic mass is 9.93. The summed E-state index contributed by atoms with van der Waals surface area (Å²) < 4.78 is 0. The average molecular weight is 172 g/mol. The first-order valence-corrected chi connectivity index (χ1v) is 4.40. The highest BCUT2D eigenvalue weighted by molar-refractivity contribution is 5.78. The Labute approximate surface area is 72.1 Å². The fourth-order valence-corrected chi connectivity index (χ4v) is 1.51. The number of hydrogen-bond donors (Lipinski definition) is 3. The molecule has 0 aromatic heterocycles. The lowest BCUT2D eigenvalue weighted by Crippen LogP contribution is -2.41. The molecule has 0 radical (unpaired) electrons. The van der Waals surface area contributed by atoms with Crippen LogP contribution in [0.2, 0.25) is 0 Å². The average Bonchev–Trinajstić information content (AvgIpc) is 2.09. The van der Waals surface area contributed by atoms with Crippen molar-refractivity contribution >= 4 is 5.91 Å². The van der Waals surface area contributed by atoms with Crippen molar-refractivity contribution < 1.29 is 9.90 Å². The van der Waals surface area contributed by atoms with Gasteiger partial charge in [-0.3, -0.25) is 4.79 Å². The summed E-state index contributed by atoms with van der Waals surface area (Å²) in [5.41, 5.74) is 5.16. The molecule has 1 fully saturated rings. The predicted octanol–water partition coefficient (Wildman–Crippen LogP) is -0.635. The maximum Gasteiger partial charge on any atom is 0.233 e. The lowest BCUT2D eigenvalue weighted by Gasteiger charge is -2.25. The molecule has 0 aromatic rings. The molecule has 70 valence electrons. The standard InChI is InChI=1S/C8H16N2O2/c9-5-8(12)10-6-1-3-7(11)4-2-6/h6-7,11H,1-5,9H2,(H,10,12). The van der Waals surface area contributed by atoms with Gasteiger partial charge in [-0.1, -0.05) is 0 Å². The van der Waals surface area contributed by atoms with E-state index in [2.05, 4.69) is 5.32 Å². The Kier molecular flexibility index (Phi) is 3.49. The number of carbonyl (C=O) groups excluding carboxylic acids is 1. The number of nitrogens with one attached hydrogen (secondary N) is 1. The minimum absolute atomic E-state index is 0.0546. The highest BCUT2D eigenvalue weighted by atomic mass is 16.3. The van der Waals surface area contributed by atoms with Gasteiger partial charge in [0.15, 0.2) is 0 Å². The first kappa shape index (κ1) is 9.48. The number of aliphatic hydroxyl groups is 1. The van der Waals surface area contributed by atoms with E-state index in [-0.39, 0.29) is 24.6 Å².